The molecule has 0 spiro atoms. The maximum absolute atomic E-state index is 6.71. The maximum atomic E-state index is 6.71. The highest BCUT2D eigenvalue weighted by atomic mass is 35.5. The zero-order valence-electron chi connectivity index (χ0n) is 16.5. The van der Waals surface area contributed by atoms with Crippen molar-refractivity contribution >= 4 is 11.6 Å². The first-order valence-corrected chi connectivity index (χ1v) is 9.92. The molecule has 0 fully saturated rings. The van der Waals surface area contributed by atoms with E-state index >= 15 is 0 Å². The monoisotopic (exact) mass is 367 g/mol. The van der Waals surface area contributed by atoms with Crippen molar-refractivity contribution in [2.75, 3.05) is 6.54 Å². The Hall–Kier alpha value is -1.73. The van der Waals surface area contributed by atoms with Gasteiger partial charge in [-0.1, -0.05) is 63.2 Å². The fourth-order valence-electron chi connectivity index (χ4n) is 3.89. The third-order valence-electron chi connectivity index (χ3n) is 5.14. The van der Waals surface area contributed by atoms with Crippen molar-refractivity contribution in [2.45, 2.75) is 53.5 Å². The van der Waals surface area contributed by atoms with Crippen LogP contribution in [0.5, 0.6) is 0 Å². The van der Waals surface area contributed by atoms with Crippen LogP contribution in [-0.2, 0) is 13.0 Å². The zero-order valence-corrected chi connectivity index (χ0v) is 17.3. The van der Waals surface area contributed by atoms with Gasteiger partial charge >= 0.3 is 0 Å². The molecule has 0 aliphatic carbocycles. The highest BCUT2D eigenvalue weighted by Crippen LogP contribution is 2.35. The van der Waals surface area contributed by atoms with E-state index in [9.17, 15) is 0 Å². The number of rotatable bonds is 3. The van der Waals surface area contributed by atoms with Crippen LogP contribution in [-0.4, -0.2) is 11.4 Å². The first-order chi connectivity index (χ1) is 12.2. The van der Waals surface area contributed by atoms with Crippen molar-refractivity contribution in [3.05, 3.63) is 70.4 Å². The molecule has 2 aromatic carbocycles. The average molecular weight is 368 g/mol. The molecule has 2 heteroatoms. The third kappa shape index (κ3) is 4.32. The quantitative estimate of drug-likeness (QED) is 0.563. The maximum Gasteiger partial charge on any atom is 0.0447 e. The molecule has 1 aliphatic heterocycles. The first kappa shape index (κ1) is 19.0. The van der Waals surface area contributed by atoms with Crippen molar-refractivity contribution in [1.29, 1.82) is 0 Å². The fourth-order valence-corrected chi connectivity index (χ4v) is 4.23. The number of benzene rings is 2. The normalized spacial score (nSPS) is 14.7. The summed E-state index contributed by atoms with van der Waals surface area (Å²) < 4.78 is 0. The van der Waals surface area contributed by atoms with Crippen LogP contribution in [0.25, 0.3) is 11.1 Å². The molecule has 1 aliphatic rings. The Morgan fingerprint density at radius 2 is 1.92 bits per heavy atom. The summed E-state index contributed by atoms with van der Waals surface area (Å²) in [7, 11) is 0. The molecule has 0 saturated heterocycles. The van der Waals surface area contributed by atoms with E-state index in [0.717, 1.165) is 37.4 Å². The number of fused-ring (bicyclic) bond motifs is 1. The molecule has 0 radical (unpaired) electrons. The molecule has 2 aromatic rings. The van der Waals surface area contributed by atoms with Gasteiger partial charge in [0.05, 0.1) is 0 Å². The van der Waals surface area contributed by atoms with E-state index < -0.39 is 0 Å². The average Bonchev–Trinajstić information content (AvgIpc) is 2.76. The lowest BCUT2D eigenvalue weighted by atomic mass is 9.90. The van der Waals surface area contributed by atoms with E-state index in [1.807, 2.05) is 0 Å². The largest absolute Gasteiger partial charge is 0.371 e. The van der Waals surface area contributed by atoms with Gasteiger partial charge in [-0.05, 0) is 71.6 Å². The first-order valence-electron chi connectivity index (χ1n) is 9.54. The van der Waals surface area contributed by atoms with Crippen LogP contribution in [0, 0.1) is 12.3 Å². The van der Waals surface area contributed by atoms with Gasteiger partial charge in [0.1, 0.15) is 0 Å². The summed E-state index contributed by atoms with van der Waals surface area (Å²) in [5, 5.41) is 0.907. The molecule has 1 nitrogen and oxygen atoms in total. The Bertz CT molecular complexity index is 813. The van der Waals surface area contributed by atoms with Crippen molar-refractivity contribution in [1.82, 2.24) is 4.90 Å². The van der Waals surface area contributed by atoms with Gasteiger partial charge in [0.25, 0.3) is 0 Å². The van der Waals surface area contributed by atoms with E-state index in [1.54, 1.807) is 0 Å². The second-order valence-electron chi connectivity index (χ2n) is 8.74. The lowest BCUT2D eigenvalue weighted by Gasteiger charge is -2.30. The molecule has 0 amide bonds. The smallest absolute Gasteiger partial charge is 0.0447 e. The van der Waals surface area contributed by atoms with Gasteiger partial charge in [-0.2, -0.15) is 0 Å². The van der Waals surface area contributed by atoms with E-state index in [2.05, 4.69) is 75.6 Å². The number of hydrogen-bond acceptors (Lipinski definition) is 1. The highest BCUT2D eigenvalue weighted by molar-refractivity contribution is 6.31. The second-order valence-corrected chi connectivity index (χ2v) is 9.15. The summed E-state index contributed by atoms with van der Waals surface area (Å²) in [5.41, 5.74) is 7.93. The molecular formula is C24H30ClN. The predicted octanol–water partition coefficient (Wildman–Crippen LogP) is 7.01. The number of nitrogens with zero attached hydrogens (tertiary/aromatic N) is 1. The van der Waals surface area contributed by atoms with E-state index in [4.69, 9.17) is 11.6 Å². The topological polar surface area (TPSA) is 3.24 Å². The van der Waals surface area contributed by atoms with Crippen molar-refractivity contribution in [2.24, 2.45) is 5.41 Å². The van der Waals surface area contributed by atoms with E-state index in [-0.39, 0.29) is 5.41 Å². The summed E-state index contributed by atoms with van der Waals surface area (Å²) in [6, 6.07) is 13.0. The van der Waals surface area contributed by atoms with Crippen LogP contribution < -0.4 is 0 Å². The van der Waals surface area contributed by atoms with Gasteiger partial charge < -0.3 is 4.90 Å². The molecule has 0 atom stereocenters. The Labute approximate surface area is 163 Å². The molecule has 0 aromatic heterocycles. The summed E-state index contributed by atoms with van der Waals surface area (Å²) in [6.45, 7) is 15.3. The lowest BCUT2D eigenvalue weighted by molar-refractivity contribution is 0.286. The molecule has 0 bridgehead atoms. The van der Waals surface area contributed by atoms with Crippen LogP contribution in [0.15, 0.2) is 48.7 Å². The van der Waals surface area contributed by atoms with Gasteiger partial charge in [-0.25, -0.2) is 0 Å². The van der Waals surface area contributed by atoms with Gasteiger partial charge in [-0.15, -0.1) is 0 Å². The van der Waals surface area contributed by atoms with E-state index in [1.165, 1.54) is 33.5 Å². The minimum Gasteiger partial charge on any atom is -0.371 e. The molecular weight excluding hydrogens is 338 g/mol. The minimum atomic E-state index is 0.257. The van der Waals surface area contributed by atoms with Crippen LogP contribution >= 0.6 is 11.6 Å². The summed E-state index contributed by atoms with van der Waals surface area (Å²) in [5.74, 6) is 0. The second kappa shape index (κ2) is 7.48. The number of hydrogen-bond donors (Lipinski definition) is 0. The third-order valence-corrected chi connectivity index (χ3v) is 5.48. The molecule has 3 rings (SSSR count). The molecule has 0 unspecified atom stereocenters. The minimum absolute atomic E-state index is 0.257. The standard InChI is InChI=1S/C24H30ClN/c1-17-9-6-7-10-21(17)19-13-20-16-26(18(2)15-24(3,4)5)12-8-11-22(20)23(25)14-19/h6-7,9-10,13-14H,2,8,11-12,15-16H2,1,3-5H3. The number of halogens is 1. The summed E-state index contributed by atoms with van der Waals surface area (Å²) in [4.78, 5) is 2.45. The van der Waals surface area contributed by atoms with Crippen molar-refractivity contribution in [3.8, 4) is 11.1 Å². The summed E-state index contributed by atoms with van der Waals surface area (Å²) in [6.07, 6.45) is 3.19. The van der Waals surface area contributed by atoms with Gasteiger partial charge in [-0.3, -0.25) is 0 Å². The van der Waals surface area contributed by atoms with Crippen LogP contribution in [0.3, 0.4) is 0 Å². The molecule has 138 valence electrons. The van der Waals surface area contributed by atoms with Gasteiger partial charge in [0.15, 0.2) is 0 Å². The SMILES string of the molecule is C=C(CC(C)(C)C)N1CCCc2c(Cl)cc(-c3ccccc3C)cc2C1. The van der Waals surface area contributed by atoms with Crippen LogP contribution in [0.4, 0.5) is 0 Å². The summed E-state index contributed by atoms with van der Waals surface area (Å²) >= 11 is 6.71. The number of aryl methyl sites for hydroxylation is 1. The zero-order chi connectivity index (χ0) is 18.9. The van der Waals surface area contributed by atoms with Crippen LogP contribution in [0.1, 0.15) is 50.3 Å². The Kier molecular flexibility index (Phi) is 5.48. The number of allylic oxidation sites excluding steroid dienone is 1. The van der Waals surface area contributed by atoms with E-state index in [0.29, 0.717) is 0 Å². The van der Waals surface area contributed by atoms with Gasteiger partial charge in [0.2, 0.25) is 0 Å². The molecule has 0 N–H and O–H groups in total. The van der Waals surface area contributed by atoms with Crippen molar-refractivity contribution < 1.29 is 0 Å². The highest BCUT2D eigenvalue weighted by Gasteiger charge is 2.21. The van der Waals surface area contributed by atoms with Gasteiger partial charge in [0, 0.05) is 23.8 Å². The molecule has 26 heavy (non-hydrogen) atoms. The Morgan fingerprint density at radius 1 is 1.19 bits per heavy atom. The lowest BCUT2D eigenvalue weighted by Crippen LogP contribution is -2.25. The Morgan fingerprint density at radius 3 is 2.62 bits per heavy atom. The molecule has 0 saturated carbocycles. The van der Waals surface area contributed by atoms with Crippen molar-refractivity contribution in [3.63, 3.8) is 0 Å². The Balaban J connectivity index is 1.95. The predicted molar refractivity (Wildman–Crippen MR) is 114 cm³/mol. The molecule has 1 heterocycles. The van der Waals surface area contributed by atoms with Crippen LogP contribution in [0.2, 0.25) is 5.02 Å². The fraction of sp³-hybridized carbons (Fsp3) is 0.417.